The lowest BCUT2D eigenvalue weighted by molar-refractivity contribution is 0.0696. The number of carbonyl (C=O) groups is 2. The first-order valence-electron chi connectivity index (χ1n) is 11.1. The molecule has 1 amide bonds. The highest BCUT2D eigenvalue weighted by molar-refractivity contribution is 6.06. The van der Waals surface area contributed by atoms with Crippen LogP contribution in [0.1, 0.15) is 71.6 Å². The quantitative estimate of drug-likeness (QED) is 0.400. The largest absolute Gasteiger partial charge is 0.478 e. The van der Waals surface area contributed by atoms with E-state index in [0.717, 1.165) is 0 Å². The van der Waals surface area contributed by atoms with Gasteiger partial charge in [-0.05, 0) is 31.5 Å². The number of ether oxygens (including phenoxy) is 1. The van der Waals surface area contributed by atoms with Crippen LogP contribution >= 0.6 is 0 Å². The fraction of sp³-hybridized carbons (Fsp3) is 0.320. The van der Waals surface area contributed by atoms with E-state index < -0.39 is 11.9 Å². The molecule has 1 fully saturated rings. The van der Waals surface area contributed by atoms with Gasteiger partial charge in [-0.1, -0.05) is 39.5 Å². The number of nitrogens with zero attached hydrogens (tertiary/aromatic N) is 2. The van der Waals surface area contributed by atoms with Gasteiger partial charge in [0.2, 0.25) is 0 Å². The Morgan fingerprint density at radius 3 is 2.36 bits per heavy atom. The van der Waals surface area contributed by atoms with E-state index in [0.29, 0.717) is 44.9 Å². The number of amides is 1. The molecule has 3 heterocycles. The van der Waals surface area contributed by atoms with E-state index in [-0.39, 0.29) is 5.56 Å². The number of aromatic nitrogens is 2. The molecule has 3 N–H and O–H groups in total. The summed E-state index contributed by atoms with van der Waals surface area (Å²) in [7, 11) is 0. The maximum atomic E-state index is 11.6. The third-order valence-electron chi connectivity index (χ3n) is 5.43. The van der Waals surface area contributed by atoms with Crippen molar-refractivity contribution in [2.24, 2.45) is 5.73 Å². The number of aromatic carboxylic acids is 1. The van der Waals surface area contributed by atoms with Crippen molar-refractivity contribution in [3.63, 3.8) is 0 Å². The number of carbonyl (C=O) groups excluding carboxylic acids is 1. The summed E-state index contributed by atoms with van der Waals surface area (Å²) in [6.45, 7) is 7.37. The summed E-state index contributed by atoms with van der Waals surface area (Å²) in [5.74, 6) is -0.226. The summed E-state index contributed by atoms with van der Waals surface area (Å²) in [5, 5.41) is 14.1. The van der Waals surface area contributed by atoms with E-state index in [1.165, 1.54) is 42.6 Å². The number of rotatable bonds is 4. The Morgan fingerprint density at radius 1 is 1.12 bits per heavy atom. The van der Waals surface area contributed by atoms with Gasteiger partial charge < -0.3 is 20.0 Å². The van der Waals surface area contributed by atoms with Crippen molar-refractivity contribution < 1.29 is 23.8 Å². The Hall–Kier alpha value is -3.81. The molecule has 8 nitrogen and oxygen atoms in total. The molecule has 0 aliphatic heterocycles. The first-order chi connectivity index (χ1) is 15.9. The van der Waals surface area contributed by atoms with Crippen LogP contribution in [0.5, 0.6) is 11.5 Å². The van der Waals surface area contributed by atoms with Gasteiger partial charge in [0, 0.05) is 23.7 Å². The van der Waals surface area contributed by atoms with Gasteiger partial charge in [0.25, 0.3) is 5.91 Å². The zero-order valence-corrected chi connectivity index (χ0v) is 19.3. The Labute approximate surface area is 191 Å². The van der Waals surface area contributed by atoms with Gasteiger partial charge in [-0.25, -0.2) is 9.31 Å². The van der Waals surface area contributed by atoms with Gasteiger partial charge in [0.05, 0.1) is 17.3 Å². The molecule has 0 spiro atoms. The lowest BCUT2D eigenvalue weighted by Crippen LogP contribution is -2.11. The molecule has 1 saturated carbocycles. The number of hydrogen-bond donors (Lipinski definition) is 2. The number of nitrogens with two attached hydrogens (primary N) is 1. The minimum atomic E-state index is -1.03. The molecule has 4 aromatic rings. The van der Waals surface area contributed by atoms with E-state index in [9.17, 15) is 14.7 Å². The highest BCUT2D eigenvalue weighted by Gasteiger charge is 2.19. The Balaban J connectivity index is 0.000000452. The van der Waals surface area contributed by atoms with Crippen molar-refractivity contribution in [2.45, 2.75) is 53.4 Å². The fourth-order valence-corrected chi connectivity index (χ4v) is 3.47. The Kier molecular flexibility index (Phi) is 7.37. The highest BCUT2D eigenvalue weighted by Crippen LogP contribution is 2.33. The summed E-state index contributed by atoms with van der Waals surface area (Å²) in [6, 6.07) is 6.70. The van der Waals surface area contributed by atoms with Gasteiger partial charge in [0.1, 0.15) is 22.6 Å². The number of primary amides is 1. The minimum Gasteiger partial charge on any atom is -0.478 e. The molecule has 3 aromatic heterocycles. The summed E-state index contributed by atoms with van der Waals surface area (Å²) < 4.78 is 13.0. The van der Waals surface area contributed by atoms with Crippen LogP contribution in [0.15, 0.2) is 41.1 Å². The molecular weight excluding hydrogens is 422 g/mol. The molecule has 5 rings (SSSR count). The third-order valence-corrected chi connectivity index (χ3v) is 5.43. The van der Waals surface area contributed by atoms with E-state index in [1.54, 1.807) is 38.1 Å². The first-order valence-corrected chi connectivity index (χ1v) is 11.1. The predicted molar refractivity (Wildman–Crippen MR) is 126 cm³/mol. The SMILES string of the molecule is C1CCC1.CC.Cc1oc2cc(Oc3ccnn4cc(C(=O)O)c(C)c34)ccc2c1C(N)=O. The Bertz CT molecular complexity index is 1290. The summed E-state index contributed by atoms with van der Waals surface area (Å²) in [6.07, 6.45) is 8.96. The van der Waals surface area contributed by atoms with Gasteiger partial charge in [-0.15, -0.1) is 0 Å². The monoisotopic (exact) mass is 451 g/mol. The second-order valence-electron chi connectivity index (χ2n) is 7.53. The number of furan rings is 1. The highest BCUT2D eigenvalue weighted by atomic mass is 16.5. The molecular formula is C25H29N3O5. The number of fused-ring (bicyclic) bond motifs is 2. The minimum absolute atomic E-state index is 0.154. The van der Waals surface area contributed by atoms with E-state index >= 15 is 0 Å². The summed E-state index contributed by atoms with van der Waals surface area (Å²) in [5.41, 5.74) is 7.49. The van der Waals surface area contributed by atoms with Crippen LogP contribution in [-0.4, -0.2) is 26.6 Å². The van der Waals surface area contributed by atoms with Crippen molar-refractivity contribution in [2.75, 3.05) is 0 Å². The van der Waals surface area contributed by atoms with Gasteiger partial charge in [0.15, 0.2) is 5.75 Å². The van der Waals surface area contributed by atoms with E-state index in [1.807, 2.05) is 13.8 Å². The predicted octanol–water partition coefficient (Wildman–Crippen LogP) is 5.87. The van der Waals surface area contributed by atoms with Gasteiger partial charge in [-0.2, -0.15) is 5.10 Å². The molecule has 0 unspecified atom stereocenters. The lowest BCUT2D eigenvalue weighted by Gasteiger charge is -2.08. The van der Waals surface area contributed by atoms with Gasteiger partial charge in [-0.3, -0.25) is 4.79 Å². The average Bonchev–Trinajstić information content (AvgIpc) is 3.25. The van der Waals surface area contributed by atoms with Crippen LogP contribution in [0, 0.1) is 13.8 Å². The van der Waals surface area contributed by atoms with Crippen molar-refractivity contribution in [3.05, 3.63) is 59.1 Å². The molecule has 0 bridgehead atoms. The number of aryl methyl sites for hydroxylation is 2. The standard InChI is InChI=1S/C19H15N3O5.C4H8.C2H6/c1-9-13(19(24)25)8-22-17(9)14(5-6-21-22)27-11-3-4-12-15(7-11)26-10(2)16(12)18(20)23;1-2-4-3-1;1-2/h3-8H,1-2H3,(H2,20,23)(H,24,25);1-4H2;1-2H3. The molecule has 1 aliphatic carbocycles. The smallest absolute Gasteiger partial charge is 0.337 e. The van der Waals surface area contributed by atoms with Crippen LogP contribution in [0.2, 0.25) is 0 Å². The molecule has 0 radical (unpaired) electrons. The number of benzene rings is 1. The normalized spacial score (nSPS) is 12.2. The zero-order valence-electron chi connectivity index (χ0n) is 19.3. The molecule has 33 heavy (non-hydrogen) atoms. The molecule has 8 heteroatoms. The van der Waals surface area contributed by atoms with Crippen molar-refractivity contribution in [1.82, 2.24) is 9.61 Å². The molecule has 0 atom stereocenters. The van der Waals surface area contributed by atoms with E-state index in [4.69, 9.17) is 14.9 Å². The maximum absolute atomic E-state index is 11.6. The van der Waals surface area contributed by atoms with Crippen LogP contribution in [0.25, 0.3) is 16.5 Å². The second-order valence-corrected chi connectivity index (χ2v) is 7.53. The molecule has 174 valence electrons. The molecule has 0 saturated heterocycles. The topological polar surface area (TPSA) is 120 Å². The van der Waals surface area contributed by atoms with Crippen molar-refractivity contribution in [3.8, 4) is 11.5 Å². The lowest BCUT2D eigenvalue weighted by atomic mass is 10.0. The van der Waals surface area contributed by atoms with Crippen molar-refractivity contribution >= 4 is 28.4 Å². The van der Waals surface area contributed by atoms with Crippen molar-refractivity contribution in [1.29, 1.82) is 0 Å². The molecule has 1 aliphatic rings. The summed E-state index contributed by atoms with van der Waals surface area (Å²) in [4.78, 5) is 23.0. The van der Waals surface area contributed by atoms with Crippen LogP contribution in [0.3, 0.4) is 0 Å². The van der Waals surface area contributed by atoms with Crippen LogP contribution in [0.4, 0.5) is 0 Å². The third kappa shape index (κ3) is 4.84. The van der Waals surface area contributed by atoms with Crippen LogP contribution < -0.4 is 10.5 Å². The van der Waals surface area contributed by atoms with Crippen LogP contribution in [-0.2, 0) is 0 Å². The Morgan fingerprint density at radius 2 is 1.79 bits per heavy atom. The molecule has 1 aromatic carbocycles. The maximum Gasteiger partial charge on any atom is 0.337 e. The number of carboxylic acids is 1. The van der Waals surface area contributed by atoms with Gasteiger partial charge >= 0.3 is 5.97 Å². The second kappa shape index (κ2) is 10.2. The number of carboxylic acid groups (broad SMARTS) is 1. The average molecular weight is 452 g/mol. The fourth-order valence-electron chi connectivity index (χ4n) is 3.47. The number of hydrogen-bond acceptors (Lipinski definition) is 5. The summed E-state index contributed by atoms with van der Waals surface area (Å²) >= 11 is 0. The van der Waals surface area contributed by atoms with E-state index in [2.05, 4.69) is 5.10 Å². The first kappa shape index (κ1) is 23.8. The zero-order chi connectivity index (χ0) is 24.1.